The monoisotopic (exact) mass is 138 g/mol. The zero-order valence-electron chi connectivity index (χ0n) is 5.39. The average molecular weight is 138 g/mol. The molecule has 1 heteroatoms. The number of hydrogen-bond acceptors (Lipinski definition) is 1. The first-order valence-corrected chi connectivity index (χ1v) is 4.48. The third-order valence-corrected chi connectivity index (χ3v) is 2.98. The fourth-order valence-corrected chi connectivity index (χ4v) is 2.50. The second-order valence-electron chi connectivity index (χ2n) is 2.47. The summed E-state index contributed by atoms with van der Waals surface area (Å²) in [6.07, 6.45) is 8.64. The summed E-state index contributed by atoms with van der Waals surface area (Å²) in [4.78, 5) is 1.57. The number of thioether (sulfide) groups is 1. The van der Waals surface area contributed by atoms with Gasteiger partial charge in [-0.3, -0.25) is 0 Å². The summed E-state index contributed by atoms with van der Waals surface area (Å²) in [7, 11) is 0. The first kappa shape index (κ1) is 5.60. The van der Waals surface area contributed by atoms with Crippen molar-refractivity contribution >= 4 is 11.8 Å². The molecule has 1 aliphatic heterocycles. The highest BCUT2D eigenvalue weighted by atomic mass is 32.2. The minimum Gasteiger partial charge on any atom is -0.126 e. The van der Waals surface area contributed by atoms with E-state index >= 15 is 0 Å². The van der Waals surface area contributed by atoms with Crippen LogP contribution in [0.1, 0.15) is 19.3 Å². The fraction of sp³-hybridized carbons (Fsp3) is 0.500. The lowest BCUT2D eigenvalue weighted by Gasteiger charge is -2.04. The summed E-state index contributed by atoms with van der Waals surface area (Å²) in [5.74, 6) is 1.32. The zero-order chi connectivity index (χ0) is 6.10. The third-order valence-electron chi connectivity index (χ3n) is 1.83. The summed E-state index contributed by atoms with van der Waals surface area (Å²) < 4.78 is 0. The Morgan fingerprint density at radius 3 is 3.00 bits per heavy atom. The van der Waals surface area contributed by atoms with Crippen LogP contribution < -0.4 is 0 Å². The van der Waals surface area contributed by atoms with Gasteiger partial charge in [-0.25, -0.2) is 0 Å². The van der Waals surface area contributed by atoms with Crippen LogP contribution in [0.5, 0.6) is 0 Å². The number of allylic oxidation sites excluding steroid dienone is 3. The first-order chi connectivity index (χ1) is 4.47. The van der Waals surface area contributed by atoms with Gasteiger partial charge in [0.1, 0.15) is 0 Å². The molecule has 2 aliphatic rings. The molecule has 0 amide bonds. The van der Waals surface area contributed by atoms with Crippen LogP contribution in [0.15, 0.2) is 22.6 Å². The van der Waals surface area contributed by atoms with Crippen molar-refractivity contribution in [2.75, 3.05) is 5.75 Å². The molecular weight excluding hydrogens is 128 g/mol. The minimum atomic E-state index is 1.27. The lowest BCUT2D eigenvalue weighted by Crippen LogP contribution is -1.83. The molecule has 1 aliphatic carbocycles. The molecule has 1 fully saturated rings. The van der Waals surface area contributed by atoms with Gasteiger partial charge in [-0.1, -0.05) is 12.2 Å². The fourth-order valence-electron chi connectivity index (χ4n) is 1.35. The van der Waals surface area contributed by atoms with Crippen LogP contribution in [0.3, 0.4) is 0 Å². The van der Waals surface area contributed by atoms with E-state index in [4.69, 9.17) is 0 Å². The molecule has 0 unspecified atom stereocenters. The van der Waals surface area contributed by atoms with Gasteiger partial charge in [0.05, 0.1) is 0 Å². The molecule has 0 saturated carbocycles. The largest absolute Gasteiger partial charge is 0.126 e. The van der Waals surface area contributed by atoms with E-state index in [2.05, 4.69) is 12.2 Å². The second kappa shape index (κ2) is 2.22. The van der Waals surface area contributed by atoms with Crippen molar-refractivity contribution in [1.29, 1.82) is 0 Å². The smallest absolute Gasteiger partial charge is 0.00614 e. The normalized spacial score (nSPS) is 24.9. The van der Waals surface area contributed by atoms with Crippen LogP contribution in [0.4, 0.5) is 0 Å². The van der Waals surface area contributed by atoms with Crippen molar-refractivity contribution in [2.45, 2.75) is 19.3 Å². The van der Waals surface area contributed by atoms with Crippen LogP contribution in [-0.2, 0) is 0 Å². The van der Waals surface area contributed by atoms with Crippen LogP contribution in [0.2, 0.25) is 0 Å². The van der Waals surface area contributed by atoms with Crippen molar-refractivity contribution in [1.82, 2.24) is 0 Å². The Hall–Kier alpha value is -0.170. The molecule has 48 valence electrons. The van der Waals surface area contributed by atoms with E-state index in [-0.39, 0.29) is 0 Å². The molecule has 0 aromatic heterocycles. The summed E-state index contributed by atoms with van der Waals surface area (Å²) in [6, 6.07) is 0. The van der Waals surface area contributed by atoms with Gasteiger partial charge in [0.25, 0.3) is 0 Å². The van der Waals surface area contributed by atoms with E-state index in [1.165, 1.54) is 25.0 Å². The van der Waals surface area contributed by atoms with Crippen LogP contribution in [-0.4, -0.2) is 5.75 Å². The van der Waals surface area contributed by atoms with Gasteiger partial charge in [-0.15, -0.1) is 11.8 Å². The second-order valence-corrected chi connectivity index (χ2v) is 3.61. The topological polar surface area (TPSA) is 0 Å². The molecule has 0 atom stereocenters. The Balaban J connectivity index is 2.30. The van der Waals surface area contributed by atoms with E-state index < -0.39 is 0 Å². The van der Waals surface area contributed by atoms with Crippen LogP contribution >= 0.6 is 11.8 Å². The van der Waals surface area contributed by atoms with Gasteiger partial charge in [0.2, 0.25) is 0 Å². The molecule has 9 heavy (non-hydrogen) atoms. The Morgan fingerprint density at radius 2 is 2.11 bits per heavy atom. The quantitative estimate of drug-likeness (QED) is 0.496. The van der Waals surface area contributed by atoms with Gasteiger partial charge in [-0.05, 0) is 24.8 Å². The molecule has 0 radical (unpaired) electrons. The number of fused-ring (bicyclic) bond motifs is 1. The van der Waals surface area contributed by atoms with Gasteiger partial charge in [0.15, 0.2) is 0 Å². The van der Waals surface area contributed by atoms with E-state index in [0.29, 0.717) is 0 Å². The predicted octanol–water partition coefficient (Wildman–Crippen LogP) is 2.73. The highest BCUT2D eigenvalue weighted by Crippen LogP contribution is 2.38. The summed E-state index contributed by atoms with van der Waals surface area (Å²) in [5, 5.41) is 0. The lowest BCUT2D eigenvalue weighted by molar-refractivity contribution is 0.993. The van der Waals surface area contributed by atoms with E-state index in [9.17, 15) is 0 Å². The maximum absolute atomic E-state index is 2.40. The number of rotatable bonds is 0. The predicted molar refractivity (Wildman–Crippen MR) is 42.5 cm³/mol. The molecule has 2 rings (SSSR count). The standard InChI is InChI=1S/C8H10S/c1-2-4-8-7(3-1)5-6-9-8/h3-4H,1-2,5-6H2. The van der Waals surface area contributed by atoms with E-state index in [1.54, 1.807) is 10.5 Å². The SMILES string of the molecule is C1=C2CCSC2=CCC1. The third kappa shape index (κ3) is 0.940. The van der Waals surface area contributed by atoms with Gasteiger partial charge in [0, 0.05) is 10.7 Å². The molecule has 0 spiro atoms. The van der Waals surface area contributed by atoms with Crippen LogP contribution in [0.25, 0.3) is 0 Å². The lowest BCUT2D eigenvalue weighted by atomic mass is 10.1. The van der Waals surface area contributed by atoms with Crippen molar-refractivity contribution in [3.8, 4) is 0 Å². The molecule has 1 heterocycles. The van der Waals surface area contributed by atoms with Crippen LogP contribution in [0, 0.1) is 0 Å². The van der Waals surface area contributed by atoms with Crippen molar-refractivity contribution in [3.63, 3.8) is 0 Å². The van der Waals surface area contributed by atoms with Gasteiger partial charge >= 0.3 is 0 Å². The maximum Gasteiger partial charge on any atom is 0.00614 e. The average Bonchev–Trinajstić information content (AvgIpc) is 2.33. The Bertz CT molecular complexity index is 157. The summed E-state index contributed by atoms with van der Waals surface area (Å²) >= 11 is 2.02. The Kier molecular flexibility index (Phi) is 1.38. The minimum absolute atomic E-state index is 1.27. The highest BCUT2D eigenvalue weighted by molar-refractivity contribution is 8.03. The zero-order valence-corrected chi connectivity index (χ0v) is 6.21. The molecule has 1 saturated heterocycles. The highest BCUT2D eigenvalue weighted by Gasteiger charge is 2.14. The van der Waals surface area contributed by atoms with Crippen molar-refractivity contribution in [3.05, 3.63) is 22.6 Å². The van der Waals surface area contributed by atoms with Gasteiger partial charge in [-0.2, -0.15) is 0 Å². The molecular formula is C8H10S. The Morgan fingerprint density at radius 1 is 1.22 bits per heavy atom. The molecule has 0 nitrogen and oxygen atoms in total. The maximum atomic E-state index is 2.40. The summed E-state index contributed by atoms with van der Waals surface area (Å²) in [5.41, 5.74) is 1.62. The molecule has 0 aromatic rings. The summed E-state index contributed by atoms with van der Waals surface area (Å²) in [6.45, 7) is 0. The van der Waals surface area contributed by atoms with Gasteiger partial charge < -0.3 is 0 Å². The number of hydrogen-bond donors (Lipinski definition) is 0. The van der Waals surface area contributed by atoms with E-state index in [1.807, 2.05) is 11.8 Å². The Labute approximate surface area is 60.0 Å². The molecule has 0 aromatic carbocycles. The molecule has 0 bridgehead atoms. The first-order valence-electron chi connectivity index (χ1n) is 3.49. The van der Waals surface area contributed by atoms with E-state index in [0.717, 1.165) is 0 Å². The van der Waals surface area contributed by atoms with Crippen molar-refractivity contribution < 1.29 is 0 Å². The molecule has 0 N–H and O–H groups in total. The van der Waals surface area contributed by atoms with Crippen molar-refractivity contribution in [2.24, 2.45) is 0 Å².